The molecule has 2 aromatic heterocycles. The van der Waals surface area contributed by atoms with Gasteiger partial charge in [0.25, 0.3) is 0 Å². The topological polar surface area (TPSA) is 157 Å². The number of piperazine rings is 1. The van der Waals surface area contributed by atoms with E-state index >= 15 is 0 Å². The van der Waals surface area contributed by atoms with Crippen LogP contribution in [0.5, 0.6) is 0 Å². The minimum atomic E-state index is -1.10. The van der Waals surface area contributed by atoms with Crippen LogP contribution in [0.2, 0.25) is 10.3 Å². The molecule has 0 aliphatic carbocycles. The number of rotatable bonds is 10. The van der Waals surface area contributed by atoms with Gasteiger partial charge in [-0.25, -0.2) is 9.97 Å². The molecule has 3 aromatic rings. The number of hydrogen-bond donors (Lipinski definition) is 4. The van der Waals surface area contributed by atoms with Crippen molar-refractivity contribution in [2.75, 3.05) is 71.3 Å². The molecule has 262 valence electrons. The summed E-state index contributed by atoms with van der Waals surface area (Å²) in [6.45, 7) is 11.3. The highest BCUT2D eigenvalue weighted by Crippen LogP contribution is 2.33. The van der Waals surface area contributed by atoms with Crippen molar-refractivity contribution in [3.8, 4) is 0 Å². The highest BCUT2D eigenvalue weighted by atomic mass is 35.5. The summed E-state index contributed by atoms with van der Waals surface area (Å²) in [7, 11) is -2.18. The normalized spacial score (nSPS) is 19.9. The number of aliphatic hydroxyl groups excluding tert-OH is 2. The molecule has 1 fully saturated rings. The molecule has 3 aliphatic rings. The second-order valence-electron chi connectivity index (χ2n) is 12.6. The second-order valence-corrected chi connectivity index (χ2v) is 16.4. The van der Waals surface area contributed by atoms with E-state index in [0.717, 1.165) is 48.3 Å². The number of para-hydroxylation sites is 1. The summed E-state index contributed by atoms with van der Waals surface area (Å²) in [5.41, 5.74) is 2.65. The Kier molecular flexibility index (Phi) is 12.5. The first-order valence-corrected chi connectivity index (χ1v) is 19.6. The Labute approximate surface area is 297 Å². The molecule has 0 saturated carbocycles. The molecule has 0 amide bonds. The highest BCUT2D eigenvalue weighted by molar-refractivity contribution is 7.85. The molecule has 48 heavy (non-hydrogen) atoms. The van der Waals surface area contributed by atoms with Crippen molar-refractivity contribution in [2.24, 2.45) is 11.8 Å². The first-order chi connectivity index (χ1) is 23.0. The molecule has 0 spiro atoms. The Morgan fingerprint density at radius 1 is 0.750 bits per heavy atom. The van der Waals surface area contributed by atoms with E-state index in [-0.39, 0.29) is 42.4 Å². The van der Waals surface area contributed by atoms with Gasteiger partial charge in [-0.2, -0.15) is 9.97 Å². The number of fused-ring (bicyclic) bond motifs is 2. The summed E-state index contributed by atoms with van der Waals surface area (Å²) >= 11 is 12.2. The number of anilines is 4. The molecular weight excluding hydrogens is 695 g/mol. The van der Waals surface area contributed by atoms with Crippen LogP contribution in [-0.4, -0.2) is 102 Å². The third-order valence-electron chi connectivity index (χ3n) is 8.74. The Balaban J connectivity index is 0.000000214. The van der Waals surface area contributed by atoms with Crippen LogP contribution in [0.25, 0.3) is 0 Å². The van der Waals surface area contributed by atoms with E-state index in [1.54, 1.807) is 0 Å². The van der Waals surface area contributed by atoms with Crippen molar-refractivity contribution in [1.29, 1.82) is 0 Å². The van der Waals surface area contributed by atoms with Crippen LogP contribution in [-0.2, 0) is 34.4 Å². The molecule has 5 heterocycles. The maximum Gasteiger partial charge on any atom is 0.227 e. The number of nitrogens with zero attached hydrogens (tertiary/aromatic N) is 6. The van der Waals surface area contributed by atoms with Crippen LogP contribution < -0.4 is 20.4 Å². The van der Waals surface area contributed by atoms with Gasteiger partial charge < -0.3 is 30.6 Å². The first-order valence-electron chi connectivity index (χ1n) is 16.2. The average molecular weight is 740 g/mol. The van der Waals surface area contributed by atoms with Crippen molar-refractivity contribution >= 4 is 68.1 Å². The summed E-state index contributed by atoms with van der Waals surface area (Å²) in [6, 6.07) is 7.61. The SMILES string of the molecule is CC(C)[C@H](CO)Nc1nc(Cl)nc2c1S(=O)CC2.CC(C)[C@H](CO)Nc1nc(N2CCN(c3ccccc3Cl)CC2)nc2c1S(=O)CC2. The quantitative estimate of drug-likeness (QED) is 0.224. The Morgan fingerprint density at radius 3 is 1.77 bits per heavy atom. The van der Waals surface area contributed by atoms with E-state index in [9.17, 15) is 18.6 Å². The van der Waals surface area contributed by atoms with Crippen LogP contribution in [0.15, 0.2) is 34.1 Å². The van der Waals surface area contributed by atoms with Gasteiger partial charge in [0.05, 0.1) is 69.0 Å². The first kappa shape index (κ1) is 36.7. The van der Waals surface area contributed by atoms with Gasteiger partial charge in [0.15, 0.2) is 0 Å². The van der Waals surface area contributed by atoms with Crippen molar-refractivity contribution in [1.82, 2.24) is 19.9 Å². The van der Waals surface area contributed by atoms with Gasteiger partial charge in [0.2, 0.25) is 11.2 Å². The van der Waals surface area contributed by atoms with Crippen molar-refractivity contribution in [3.63, 3.8) is 0 Å². The Morgan fingerprint density at radius 2 is 1.25 bits per heavy atom. The molecule has 0 bridgehead atoms. The van der Waals surface area contributed by atoms with Crippen molar-refractivity contribution in [2.45, 2.75) is 62.4 Å². The third-order valence-corrected chi connectivity index (χ3v) is 12.1. The van der Waals surface area contributed by atoms with Gasteiger partial charge in [-0.1, -0.05) is 51.4 Å². The zero-order valence-corrected chi connectivity index (χ0v) is 30.8. The molecule has 4 atom stereocenters. The monoisotopic (exact) mass is 738 g/mol. The molecule has 3 aliphatic heterocycles. The van der Waals surface area contributed by atoms with Crippen molar-refractivity contribution < 1.29 is 18.6 Å². The van der Waals surface area contributed by atoms with Gasteiger partial charge in [-0.3, -0.25) is 8.42 Å². The fraction of sp³-hybridized carbons (Fsp3) is 0.562. The lowest BCUT2D eigenvalue weighted by Crippen LogP contribution is -2.47. The van der Waals surface area contributed by atoms with Crippen LogP contribution in [0.1, 0.15) is 39.1 Å². The fourth-order valence-electron chi connectivity index (χ4n) is 5.74. The lowest BCUT2D eigenvalue weighted by atomic mass is 10.1. The molecule has 1 saturated heterocycles. The smallest absolute Gasteiger partial charge is 0.227 e. The van der Waals surface area contributed by atoms with Gasteiger partial charge in [-0.05, 0) is 35.6 Å². The van der Waals surface area contributed by atoms with Crippen molar-refractivity contribution in [3.05, 3.63) is 46.0 Å². The number of aromatic nitrogens is 4. The predicted molar refractivity (Wildman–Crippen MR) is 194 cm³/mol. The van der Waals surface area contributed by atoms with E-state index in [4.69, 9.17) is 33.2 Å². The van der Waals surface area contributed by atoms with Gasteiger partial charge in [0, 0.05) is 50.5 Å². The maximum atomic E-state index is 12.5. The molecular formula is C32H44Cl2N8O4S2. The summed E-state index contributed by atoms with van der Waals surface area (Å²) < 4.78 is 24.5. The number of hydrogen-bond acceptors (Lipinski definition) is 12. The molecule has 1 aromatic carbocycles. The molecule has 0 radical (unpaired) electrons. The zero-order valence-electron chi connectivity index (χ0n) is 27.7. The zero-order chi connectivity index (χ0) is 34.5. The molecule has 2 unspecified atom stereocenters. The predicted octanol–water partition coefficient (Wildman–Crippen LogP) is 3.77. The lowest BCUT2D eigenvalue weighted by molar-refractivity contribution is 0.248. The Bertz CT molecular complexity index is 1640. The van der Waals surface area contributed by atoms with Crippen LogP contribution in [0.3, 0.4) is 0 Å². The lowest BCUT2D eigenvalue weighted by Gasteiger charge is -2.36. The van der Waals surface area contributed by atoms with E-state index in [2.05, 4.69) is 30.4 Å². The van der Waals surface area contributed by atoms with E-state index in [1.807, 2.05) is 52.0 Å². The number of aryl methyl sites for hydroxylation is 2. The van der Waals surface area contributed by atoms with Gasteiger partial charge in [-0.15, -0.1) is 0 Å². The molecule has 4 N–H and O–H groups in total. The molecule has 16 heteroatoms. The highest BCUT2D eigenvalue weighted by Gasteiger charge is 2.30. The maximum absolute atomic E-state index is 12.5. The largest absolute Gasteiger partial charge is 0.394 e. The summed E-state index contributed by atoms with van der Waals surface area (Å²) in [5, 5.41) is 26.4. The average Bonchev–Trinajstić information content (AvgIpc) is 3.64. The summed E-state index contributed by atoms with van der Waals surface area (Å²) in [4.78, 5) is 23.5. The minimum Gasteiger partial charge on any atom is -0.394 e. The number of halogens is 2. The van der Waals surface area contributed by atoms with E-state index in [1.165, 1.54) is 0 Å². The van der Waals surface area contributed by atoms with E-state index in [0.29, 0.717) is 51.7 Å². The summed E-state index contributed by atoms with van der Waals surface area (Å²) in [5.74, 6) is 3.35. The van der Waals surface area contributed by atoms with Gasteiger partial charge in [0.1, 0.15) is 21.4 Å². The third kappa shape index (κ3) is 8.39. The molecule has 12 nitrogen and oxygen atoms in total. The number of aliphatic hydroxyl groups is 2. The van der Waals surface area contributed by atoms with Gasteiger partial charge >= 0.3 is 0 Å². The number of nitrogens with one attached hydrogen (secondary N) is 2. The van der Waals surface area contributed by atoms with E-state index < -0.39 is 21.6 Å². The second kappa shape index (κ2) is 16.4. The molecule has 6 rings (SSSR count). The Hall–Kier alpha value is -2.62. The summed E-state index contributed by atoms with van der Waals surface area (Å²) in [6.07, 6.45) is 1.35. The fourth-order valence-corrected chi connectivity index (χ4v) is 8.81. The number of benzene rings is 1. The minimum absolute atomic E-state index is 0.00504. The van der Waals surface area contributed by atoms with Crippen LogP contribution in [0.4, 0.5) is 23.3 Å². The van der Waals surface area contributed by atoms with Crippen LogP contribution >= 0.6 is 23.2 Å². The standard InChI is InChI=1S/C21H28ClN5O2S.C11H16ClN3O2S/c1-14(2)17(13-28)23-20-19-16(7-12-30(19)29)24-21(25-20)27-10-8-26(9-11-27)18-6-4-3-5-15(18)22;1-6(2)8(5-16)13-10-9-7(3-4-18(9)17)14-11(12)15-10/h3-6,14,17,28H,7-13H2,1-2H3,(H,23,24,25);6,8,16H,3-5H2,1-2H3,(H,13,14,15)/t17-,30?;8-,18?/m00/s1. The van der Waals surface area contributed by atoms with Crippen LogP contribution in [0, 0.1) is 11.8 Å².